The zero-order chi connectivity index (χ0) is 21.6. The SMILES string of the molecule is CCOC(=O)C1=C(COC(=O)C(C)Oc2ccc(C(C)=O)cc2)NC(=O)NC1C. The normalized spacial score (nSPS) is 17.0. The van der Waals surface area contributed by atoms with Gasteiger partial charge >= 0.3 is 18.0 Å². The Morgan fingerprint density at radius 3 is 2.38 bits per heavy atom. The first-order valence-corrected chi connectivity index (χ1v) is 9.14. The summed E-state index contributed by atoms with van der Waals surface area (Å²) >= 11 is 0. The number of carbonyl (C=O) groups is 4. The summed E-state index contributed by atoms with van der Waals surface area (Å²) in [7, 11) is 0. The number of urea groups is 1. The van der Waals surface area contributed by atoms with Crippen molar-refractivity contribution in [2.45, 2.75) is 39.8 Å². The second-order valence-electron chi connectivity index (χ2n) is 6.38. The topological polar surface area (TPSA) is 120 Å². The number of carbonyl (C=O) groups excluding carboxylic acids is 4. The molecular formula is C20H24N2O7. The maximum absolute atomic E-state index is 12.3. The Bertz CT molecular complexity index is 830. The number of ether oxygens (including phenoxy) is 3. The molecule has 0 saturated carbocycles. The number of amides is 2. The summed E-state index contributed by atoms with van der Waals surface area (Å²) in [4.78, 5) is 47.4. The fourth-order valence-corrected chi connectivity index (χ4v) is 2.67. The molecule has 0 bridgehead atoms. The third kappa shape index (κ3) is 5.81. The first-order valence-electron chi connectivity index (χ1n) is 9.14. The van der Waals surface area contributed by atoms with Gasteiger partial charge in [0.05, 0.1) is 23.9 Å². The number of ketones is 1. The van der Waals surface area contributed by atoms with Crippen LogP contribution >= 0.6 is 0 Å². The van der Waals surface area contributed by atoms with E-state index in [4.69, 9.17) is 14.2 Å². The highest BCUT2D eigenvalue weighted by Crippen LogP contribution is 2.17. The number of esters is 2. The lowest BCUT2D eigenvalue weighted by Crippen LogP contribution is -2.50. The number of hydrogen-bond acceptors (Lipinski definition) is 7. The van der Waals surface area contributed by atoms with Crippen molar-refractivity contribution in [3.8, 4) is 5.75 Å². The highest BCUT2D eigenvalue weighted by Gasteiger charge is 2.30. The first kappa shape index (κ1) is 21.9. The molecule has 1 aromatic rings. The van der Waals surface area contributed by atoms with Crippen LogP contribution in [0, 0.1) is 0 Å². The fraction of sp³-hybridized carbons (Fsp3) is 0.400. The third-order valence-electron chi connectivity index (χ3n) is 4.13. The van der Waals surface area contributed by atoms with E-state index in [2.05, 4.69) is 10.6 Å². The summed E-state index contributed by atoms with van der Waals surface area (Å²) in [6, 6.07) is 5.25. The predicted octanol–water partition coefficient (Wildman–Crippen LogP) is 1.72. The van der Waals surface area contributed by atoms with Crippen molar-refractivity contribution in [3.05, 3.63) is 41.1 Å². The molecule has 29 heavy (non-hydrogen) atoms. The Kier molecular flexibility index (Phi) is 7.35. The van der Waals surface area contributed by atoms with E-state index in [1.165, 1.54) is 13.8 Å². The molecule has 1 heterocycles. The maximum Gasteiger partial charge on any atom is 0.347 e. The van der Waals surface area contributed by atoms with Crippen LogP contribution in [0.2, 0.25) is 0 Å². The number of Topliss-reactive ketones (excluding diaryl/α,β-unsaturated/α-hetero) is 1. The van der Waals surface area contributed by atoms with Gasteiger partial charge in [-0.05, 0) is 52.0 Å². The lowest BCUT2D eigenvalue weighted by molar-refractivity contribution is -0.150. The average molecular weight is 404 g/mol. The van der Waals surface area contributed by atoms with Gasteiger partial charge in [-0.15, -0.1) is 0 Å². The van der Waals surface area contributed by atoms with Crippen LogP contribution in [-0.2, 0) is 19.1 Å². The highest BCUT2D eigenvalue weighted by atomic mass is 16.6. The average Bonchev–Trinajstić information content (AvgIpc) is 2.66. The largest absolute Gasteiger partial charge is 0.479 e. The summed E-state index contributed by atoms with van der Waals surface area (Å²) in [6.45, 7) is 6.11. The summed E-state index contributed by atoms with van der Waals surface area (Å²) in [5.74, 6) is -0.965. The van der Waals surface area contributed by atoms with Crippen LogP contribution in [0.3, 0.4) is 0 Å². The third-order valence-corrected chi connectivity index (χ3v) is 4.13. The molecule has 2 N–H and O–H groups in total. The van der Waals surface area contributed by atoms with Crippen LogP contribution in [0.25, 0.3) is 0 Å². The van der Waals surface area contributed by atoms with Gasteiger partial charge in [-0.2, -0.15) is 0 Å². The first-order chi connectivity index (χ1) is 13.7. The Morgan fingerprint density at radius 2 is 1.79 bits per heavy atom. The monoisotopic (exact) mass is 404 g/mol. The highest BCUT2D eigenvalue weighted by molar-refractivity contribution is 5.95. The molecule has 9 nitrogen and oxygen atoms in total. The molecule has 0 spiro atoms. The number of rotatable bonds is 8. The van der Waals surface area contributed by atoms with Crippen molar-refractivity contribution >= 4 is 23.8 Å². The van der Waals surface area contributed by atoms with E-state index in [1.807, 2.05) is 0 Å². The zero-order valence-electron chi connectivity index (χ0n) is 16.7. The van der Waals surface area contributed by atoms with Gasteiger partial charge < -0.3 is 24.8 Å². The minimum Gasteiger partial charge on any atom is -0.479 e. The number of hydrogen-bond donors (Lipinski definition) is 2. The van der Waals surface area contributed by atoms with Crippen LogP contribution in [0.15, 0.2) is 35.5 Å². The minimum absolute atomic E-state index is 0.0760. The van der Waals surface area contributed by atoms with E-state index < -0.39 is 30.1 Å². The van der Waals surface area contributed by atoms with E-state index in [0.717, 1.165) is 0 Å². The molecule has 9 heteroatoms. The van der Waals surface area contributed by atoms with Crippen molar-refractivity contribution in [3.63, 3.8) is 0 Å². The standard InChI is InChI=1S/C20H24N2O7/c1-5-27-19(25)17-11(2)21-20(26)22-16(17)10-28-18(24)13(4)29-15-8-6-14(7-9-15)12(3)23/h6-9,11,13H,5,10H2,1-4H3,(H2,21,22,26). The quantitative estimate of drug-likeness (QED) is 0.500. The van der Waals surface area contributed by atoms with Gasteiger partial charge in [0.1, 0.15) is 12.4 Å². The predicted molar refractivity (Wildman–Crippen MR) is 102 cm³/mol. The van der Waals surface area contributed by atoms with Crippen molar-refractivity contribution in [2.75, 3.05) is 13.2 Å². The maximum atomic E-state index is 12.3. The molecule has 1 aromatic carbocycles. The molecule has 2 atom stereocenters. The molecule has 2 unspecified atom stereocenters. The smallest absolute Gasteiger partial charge is 0.347 e. The van der Waals surface area contributed by atoms with Crippen molar-refractivity contribution in [1.82, 2.24) is 10.6 Å². The van der Waals surface area contributed by atoms with E-state index in [-0.39, 0.29) is 30.3 Å². The van der Waals surface area contributed by atoms with Crippen molar-refractivity contribution in [1.29, 1.82) is 0 Å². The van der Waals surface area contributed by atoms with Gasteiger partial charge in [-0.1, -0.05) is 0 Å². The Balaban J connectivity index is 2.02. The molecule has 156 valence electrons. The fourth-order valence-electron chi connectivity index (χ4n) is 2.67. The van der Waals surface area contributed by atoms with Gasteiger partial charge in [-0.25, -0.2) is 14.4 Å². The number of benzene rings is 1. The van der Waals surface area contributed by atoms with Crippen molar-refractivity contribution < 1.29 is 33.4 Å². The minimum atomic E-state index is -0.945. The molecule has 0 radical (unpaired) electrons. The molecule has 0 fully saturated rings. The van der Waals surface area contributed by atoms with Gasteiger partial charge in [0, 0.05) is 5.56 Å². The van der Waals surface area contributed by atoms with E-state index in [9.17, 15) is 19.2 Å². The lowest BCUT2D eigenvalue weighted by atomic mass is 10.0. The Hall–Kier alpha value is -3.36. The Labute approximate surface area is 168 Å². The van der Waals surface area contributed by atoms with Crippen LogP contribution < -0.4 is 15.4 Å². The molecule has 1 aliphatic rings. The molecule has 0 aliphatic carbocycles. The van der Waals surface area contributed by atoms with Gasteiger partial charge in [0.15, 0.2) is 11.9 Å². The van der Waals surface area contributed by atoms with E-state index >= 15 is 0 Å². The van der Waals surface area contributed by atoms with E-state index in [0.29, 0.717) is 11.3 Å². The van der Waals surface area contributed by atoms with E-state index in [1.54, 1.807) is 38.1 Å². The van der Waals surface area contributed by atoms with Crippen LogP contribution in [0.4, 0.5) is 4.79 Å². The summed E-state index contributed by atoms with van der Waals surface area (Å²) in [5, 5.41) is 5.03. The Morgan fingerprint density at radius 1 is 1.14 bits per heavy atom. The van der Waals surface area contributed by atoms with Crippen molar-refractivity contribution in [2.24, 2.45) is 0 Å². The lowest BCUT2D eigenvalue weighted by Gasteiger charge is -2.26. The molecule has 1 aliphatic heterocycles. The van der Waals surface area contributed by atoms with Gasteiger partial charge in [0.2, 0.25) is 0 Å². The summed E-state index contributed by atoms with van der Waals surface area (Å²) in [6.07, 6.45) is -0.945. The molecule has 0 aromatic heterocycles. The molecule has 2 rings (SSSR count). The molecular weight excluding hydrogens is 380 g/mol. The van der Waals surface area contributed by atoms with Crippen LogP contribution in [0.1, 0.15) is 38.1 Å². The summed E-state index contributed by atoms with van der Waals surface area (Å²) < 4.78 is 15.7. The molecule has 0 saturated heterocycles. The van der Waals surface area contributed by atoms with Crippen LogP contribution in [0.5, 0.6) is 5.75 Å². The van der Waals surface area contributed by atoms with Gasteiger partial charge in [0.25, 0.3) is 0 Å². The molecule has 2 amide bonds. The summed E-state index contributed by atoms with van der Waals surface area (Å²) in [5.41, 5.74) is 0.875. The van der Waals surface area contributed by atoms with Gasteiger partial charge in [-0.3, -0.25) is 4.79 Å². The zero-order valence-corrected chi connectivity index (χ0v) is 16.7. The second-order valence-corrected chi connectivity index (χ2v) is 6.38. The second kappa shape index (κ2) is 9.72. The van der Waals surface area contributed by atoms with Crippen LogP contribution in [-0.4, -0.2) is 49.1 Å². The number of nitrogens with one attached hydrogen (secondary N) is 2.